The van der Waals surface area contributed by atoms with E-state index in [-0.39, 0.29) is 30.3 Å². The van der Waals surface area contributed by atoms with E-state index in [0.717, 1.165) is 12.0 Å². The van der Waals surface area contributed by atoms with Crippen molar-refractivity contribution in [2.75, 3.05) is 26.0 Å². The van der Waals surface area contributed by atoms with Crippen LogP contribution in [0.1, 0.15) is 31.7 Å². The molecule has 5 heteroatoms. The zero-order valence-corrected chi connectivity index (χ0v) is 16.4. The van der Waals surface area contributed by atoms with Gasteiger partial charge < -0.3 is 15.0 Å². The Labute approximate surface area is 161 Å². The molecule has 0 aliphatic carbocycles. The first-order valence-electron chi connectivity index (χ1n) is 9.21. The molecule has 0 spiro atoms. The van der Waals surface area contributed by atoms with Gasteiger partial charge in [-0.15, -0.1) is 0 Å². The van der Waals surface area contributed by atoms with Crippen LogP contribution in [0.15, 0.2) is 54.6 Å². The van der Waals surface area contributed by atoms with E-state index in [0.29, 0.717) is 11.4 Å². The fourth-order valence-electron chi connectivity index (χ4n) is 2.76. The number of amides is 2. The van der Waals surface area contributed by atoms with Gasteiger partial charge in [0.25, 0.3) is 5.91 Å². The van der Waals surface area contributed by atoms with Gasteiger partial charge in [-0.1, -0.05) is 50.6 Å². The molecule has 2 amide bonds. The van der Waals surface area contributed by atoms with Crippen LogP contribution in [0.25, 0.3) is 0 Å². The molecule has 144 valence electrons. The maximum Gasteiger partial charge on any atom is 0.259 e. The Balaban J connectivity index is 2.04. The number of hydrogen-bond acceptors (Lipinski definition) is 3. The Kier molecular flexibility index (Phi) is 7.41. The summed E-state index contributed by atoms with van der Waals surface area (Å²) in [6, 6.07) is 16.9. The third-order valence-corrected chi connectivity index (χ3v) is 4.64. The van der Waals surface area contributed by atoms with E-state index in [4.69, 9.17) is 4.74 Å². The quantitative estimate of drug-likeness (QED) is 0.768. The van der Waals surface area contributed by atoms with Crippen molar-refractivity contribution in [2.24, 2.45) is 5.92 Å². The lowest BCUT2D eigenvalue weighted by Gasteiger charge is -2.23. The van der Waals surface area contributed by atoms with Crippen LogP contribution in [0.2, 0.25) is 0 Å². The fourth-order valence-corrected chi connectivity index (χ4v) is 2.76. The maximum atomic E-state index is 12.9. The highest BCUT2D eigenvalue weighted by molar-refractivity contribution is 5.96. The molecule has 0 heterocycles. The number of hydrogen-bond donors (Lipinski definition) is 1. The van der Waals surface area contributed by atoms with Gasteiger partial charge in [0.1, 0.15) is 5.75 Å². The molecule has 2 atom stereocenters. The summed E-state index contributed by atoms with van der Waals surface area (Å²) in [7, 11) is 3.37. The van der Waals surface area contributed by atoms with E-state index in [2.05, 4.69) is 19.2 Å². The lowest BCUT2D eigenvalue weighted by Crippen LogP contribution is -2.27. The van der Waals surface area contributed by atoms with Crippen LogP contribution in [0.5, 0.6) is 5.75 Å². The Bertz CT molecular complexity index is 742. The molecule has 1 N–H and O–H groups in total. The predicted molar refractivity (Wildman–Crippen MR) is 108 cm³/mol. The van der Waals surface area contributed by atoms with Gasteiger partial charge >= 0.3 is 0 Å². The van der Waals surface area contributed by atoms with Crippen molar-refractivity contribution in [1.29, 1.82) is 0 Å². The van der Waals surface area contributed by atoms with Gasteiger partial charge in [-0.25, -0.2) is 0 Å². The number of benzene rings is 2. The van der Waals surface area contributed by atoms with Crippen LogP contribution in [0, 0.1) is 5.92 Å². The summed E-state index contributed by atoms with van der Waals surface area (Å²) in [6.07, 6.45) is 0.916. The van der Waals surface area contributed by atoms with Crippen molar-refractivity contribution < 1.29 is 14.3 Å². The van der Waals surface area contributed by atoms with Crippen LogP contribution in [-0.2, 0) is 9.59 Å². The SMILES string of the molecule is CCC(C)C(C(=O)Nc1ccc(OCC(=O)N(C)C)cc1)c1ccccc1. The highest BCUT2D eigenvalue weighted by atomic mass is 16.5. The minimum Gasteiger partial charge on any atom is -0.484 e. The molecule has 0 fully saturated rings. The number of nitrogens with one attached hydrogen (secondary N) is 1. The van der Waals surface area contributed by atoms with Gasteiger partial charge in [-0.2, -0.15) is 0 Å². The standard InChI is InChI=1S/C22H28N2O3/c1-5-16(2)21(17-9-7-6-8-10-17)22(26)23-18-11-13-19(14-12-18)27-15-20(25)24(3)4/h6-14,16,21H,5,15H2,1-4H3,(H,23,26). The number of carbonyl (C=O) groups is 2. The van der Waals surface area contributed by atoms with Crippen LogP contribution in [0.4, 0.5) is 5.69 Å². The molecule has 0 radical (unpaired) electrons. The highest BCUT2D eigenvalue weighted by Gasteiger charge is 2.25. The van der Waals surface area contributed by atoms with Crippen molar-refractivity contribution in [3.8, 4) is 5.75 Å². The van der Waals surface area contributed by atoms with Gasteiger partial charge in [-0.3, -0.25) is 9.59 Å². The van der Waals surface area contributed by atoms with Gasteiger partial charge in [0.15, 0.2) is 6.61 Å². The average Bonchev–Trinajstić information content (AvgIpc) is 2.67. The third kappa shape index (κ3) is 5.84. The van der Waals surface area contributed by atoms with Gasteiger partial charge in [-0.05, 0) is 35.7 Å². The predicted octanol–water partition coefficient (Wildman–Crippen LogP) is 3.92. The fraction of sp³-hybridized carbons (Fsp3) is 0.364. The van der Waals surface area contributed by atoms with Crippen molar-refractivity contribution >= 4 is 17.5 Å². The monoisotopic (exact) mass is 368 g/mol. The van der Waals surface area contributed by atoms with Crippen molar-refractivity contribution in [2.45, 2.75) is 26.2 Å². The normalized spacial score (nSPS) is 12.7. The zero-order chi connectivity index (χ0) is 19.8. The first-order valence-corrected chi connectivity index (χ1v) is 9.21. The number of ether oxygens (including phenoxy) is 1. The molecule has 0 aliphatic rings. The molecule has 0 saturated heterocycles. The zero-order valence-electron chi connectivity index (χ0n) is 16.4. The Morgan fingerprint density at radius 2 is 1.67 bits per heavy atom. The maximum absolute atomic E-state index is 12.9. The number of nitrogens with zero attached hydrogens (tertiary/aromatic N) is 1. The molecule has 2 rings (SSSR count). The van der Waals surface area contributed by atoms with E-state index in [1.54, 1.807) is 38.4 Å². The molecular formula is C22H28N2O3. The summed E-state index contributed by atoms with van der Waals surface area (Å²) >= 11 is 0. The topological polar surface area (TPSA) is 58.6 Å². The molecule has 0 saturated carbocycles. The summed E-state index contributed by atoms with van der Waals surface area (Å²) in [5, 5.41) is 3.00. The Hall–Kier alpha value is -2.82. The molecular weight excluding hydrogens is 340 g/mol. The highest BCUT2D eigenvalue weighted by Crippen LogP contribution is 2.28. The van der Waals surface area contributed by atoms with E-state index in [9.17, 15) is 9.59 Å². The smallest absolute Gasteiger partial charge is 0.259 e. The van der Waals surface area contributed by atoms with Crippen LogP contribution < -0.4 is 10.1 Å². The largest absolute Gasteiger partial charge is 0.484 e. The molecule has 2 unspecified atom stereocenters. The van der Waals surface area contributed by atoms with Crippen molar-refractivity contribution in [3.63, 3.8) is 0 Å². The first kappa shape index (κ1) is 20.5. The molecule has 0 bridgehead atoms. The second kappa shape index (κ2) is 9.76. The molecule has 2 aromatic carbocycles. The summed E-state index contributed by atoms with van der Waals surface area (Å²) in [6.45, 7) is 4.17. The average molecular weight is 368 g/mol. The summed E-state index contributed by atoms with van der Waals surface area (Å²) in [4.78, 5) is 25.9. The third-order valence-electron chi connectivity index (χ3n) is 4.64. The Morgan fingerprint density at radius 1 is 1.04 bits per heavy atom. The van der Waals surface area contributed by atoms with E-state index >= 15 is 0 Å². The second-order valence-electron chi connectivity index (χ2n) is 6.86. The van der Waals surface area contributed by atoms with Crippen LogP contribution in [-0.4, -0.2) is 37.4 Å². The summed E-state index contributed by atoms with van der Waals surface area (Å²) in [5.74, 6) is 0.486. The number of carbonyl (C=O) groups excluding carboxylic acids is 2. The van der Waals surface area contributed by atoms with E-state index < -0.39 is 0 Å². The Morgan fingerprint density at radius 3 is 2.22 bits per heavy atom. The number of rotatable bonds is 8. The minimum absolute atomic E-state index is 0.0111. The molecule has 0 aliphatic heterocycles. The van der Waals surface area contributed by atoms with Gasteiger partial charge in [0, 0.05) is 19.8 Å². The van der Waals surface area contributed by atoms with E-state index in [1.165, 1.54) is 4.90 Å². The van der Waals surface area contributed by atoms with Crippen LogP contribution in [0.3, 0.4) is 0 Å². The first-order chi connectivity index (χ1) is 12.9. The molecule has 5 nitrogen and oxygen atoms in total. The lowest BCUT2D eigenvalue weighted by molar-refractivity contribution is -0.130. The second-order valence-corrected chi connectivity index (χ2v) is 6.86. The van der Waals surface area contributed by atoms with E-state index in [1.807, 2.05) is 30.3 Å². The summed E-state index contributed by atoms with van der Waals surface area (Å²) in [5.41, 5.74) is 1.72. The van der Waals surface area contributed by atoms with Crippen molar-refractivity contribution in [3.05, 3.63) is 60.2 Å². The van der Waals surface area contributed by atoms with Crippen molar-refractivity contribution in [1.82, 2.24) is 4.90 Å². The minimum atomic E-state index is -0.204. The van der Waals surface area contributed by atoms with Gasteiger partial charge in [0.2, 0.25) is 5.91 Å². The summed E-state index contributed by atoms with van der Waals surface area (Å²) < 4.78 is 5.46. The van der Waals surface area contributed by atoms with Gasteiger partial charge in [0.05, 0.1) is 5.92 Å². The molecule has 2 aromatic rings. The molecule has 0 aromatic heterocycles. The van der Waals surface area contributed by atoms with Crippen LogP contribution >= 0.6 is 0 Å². The lowest BCUT2D eigenvalue weighted by atomic mass is 9.85. The number of likely N-dealkylation sites (N-methyl/N-ethyl adjacent to an activating group) is 1. The number of anilines is 1. The molecule has 27 heavy (non-hydrogen) atoms.